The van der Waals surface area contributed by atoms with Gasteiger partial charge >= 0.3 is 0 Å². The molecule has 2 heteroatoms. The van der Waals surface area contributed by atoms with Crippen LogP contribution in [0, 0.1) is 0 Å². The summed E-state index contributed by atoms with van der Waals surface area (Å²) in [5, 5.41) is 7.53. The molecule has 13 aromatic rings. The van der Waals surface area contributed by atoms with Gasteiger partial charge in [0.25, 0.3) is 0 Å². The summed E-state index contributed by atoms with van der Waals surface area (Å²) in [6.07, 6.45) is 0. The van der Waals surface area contributed by atoms with Gasteiger partial charge in [-0.2, -0.15) is 0 Å². The van der Waals surface area contributed by atoms with Crippen LogP contribution in [0.4, 0.5) is 17.1 Å². The highest BCUT2D eigenvalue weighted by atomic mass is 15.1. The Morgan fingerprint density at radius 2 is 0.757 bits per heavy atom. The van der Waals surface area contributed by atoms with E-state index in [0.29, 0.717) is 0 Å². The average Bonchev–Trinajstić information content (AvgIpc) is 3.78. The zero-order chi connectivity index (χ0) is 46.4. The predicted molar refractivity (Wildman–Crippen MR) is 298 cm³/mol. The van der Waals surface area contributed by atoms with Gasteiger partial charge < -0.3 is 9.47 Å². The van der Waals surface area contributed by atoms with Crippen LogP contribution in [0.3, 0.4) is 0 Å². The Balaban J connectivity index is 0.965. The van der Waals surface area contributed by atoms with Crippen molar-refractivity contribution in [1.29, 1.82) is 0 Å². The van der Waals surface area contributed by atoms with Gasteiger partial charge in [-0.15, -0.1) is 0 Å². The second-order valence-electron chi connectivity index (χ2n) is 18.1. The fourth-order valence-corrected chi connectivity index (χ4v) is 10.7. The molecule has 0 saturated carbocycles. The van der Waals surface area contributed by atoms with Crippen molar-refractivity contribution < 1.29 is 0 Å². The molecule has 0 amide bonds. The first-order valence-corrected chi connectivity index (χ1v) is 24.1. The number of aromatic nitrogens is 1. The van der Waals surface area contributed by atoms with Crippen LogP contribution < -0.4 is 4.90 Å². The van der Waals surface area contributed by atoms with Crippen molar-refractivity contribution in [3.05, 3.63) is 279 Å². The van der Waals surface area contributed by atoms with E-state index in [9.17, 15) is 0 Å². The number of hydrogen-bond donors (Lipinski definition) is 0. The molecule has 0 fully saturated rings. The van der Waals surface area contributed by atoms with Crippen molar-refractivity contribution >= 4 is 60.4 Å². The van der Waals surface area contributed by atoms with Gasteiger partial charge in [0.1, 0.15) is 0 Å². The standard InChI is InChI=1S/C68H46N2/c1-4-19-47(20-5-1)54-42-55(48-21-6-2-7-22-48)45-59(44-54)69(57-39-37-49(38-40-57)65-46-53-23-10-11-30-60(53)62-31-12-13-32-63(62)65)58-29-17-25-51(43-58)50-24-16-26-52(41-50)61-34-18-36-67-68(61)64-33-14-15-35-66(64)70(67)56-27-8-3-9-28-56/h1-46H. The van der Waals surface area contributed by atoms with E-state index in [1.54, 1.807) is 0 Å². The Morgan fingerprint density at radius 3 is 1.49 bits per heavy atom. The number of nitrogens with zero attached hydrogens (tertiary/aromatic N) is 2. The highest BCUT2D eigenvalue weighted by Crippen LogP contribution is 2.44. The van der Waals surface area contributed by atoms with Gasteiger partial charge in [0.15, 0.2) is 0 Å². The van der Waals surface area contributed by atoms with E-state index in [1.807, 2.05) is 0 Å². The molecular formula is C68H46N2. The third-order valence-corrected chi connectivity index (χ3v) is 13.9. The SMILES string of the molecule is c1ccc(-c2cc(-c3ccccc3)cc(N(c3ccc(-c4cc5ccccc5c5ccccc45)cc3)c3cccc(-c4cccc(-c5cccc6c5c5ccccc5n6-c5ccccc5)c4)c3)c2)cc1. The quantitative estimate of drug-likeness (QED) is 0.131. The first-order valence-electron chi connectivity index (χ1n) is 24.1. The minimum Gasteiger partial charge on any atom is -0.310 e. The lowest BCUT2D eigenvalue weighted by Gasteiger charge is -2.27. The van der Waals surface area contributed by atoms with Crippen molar-refractivity contribution in [2.45, 2.75) is 0 Å². The van der Waals surface area contributed by atoms with Crippen LogP contribution in [0.25, 0.3) is 105 Å². The summed E-state index contributed by atoms with van der Waals surface area (Å²) in [5.74, 6) is 0. The van der Waals surface area contributed by atoms with Crippen molar-refractivity contribution in [3.8, 4) is 61.3 Å². The monoisotopic (exact) mass is 890 g/mol. The van der Waals surface area contributed by atoms with E-state index >= 15 is 0 Å². The van der Waals surface area contributed by atoms with Crippen LogP contribution >= 0.6 is 0 Å². The molecule has 1 aromatic heterocycles. The molecule has 0 saturated heterocycles. The summed E-state index contributed by atoms with van der Waals surface area (Å²) < 4.78 is 2.39. The Morgan fingerprint density at radius 1 is 0.243 bits per heavy atom. The van der Waals surface area contributed by atoms with E-state index in [4.69, 9.17) is 0 Å². The zero-order valence-corrected chi connectivity index (χ0v) is 38.5. The molecule has 0 radical (unpaired) electrons. The molecule has 0 bridgehead atoms. The zero-order valence-electron chi connectivity index (χ0n) is 38.5. The van der Waals surface area contributed by atoms with Crippen molar-refractivity contribution in [2.24, 2.45) is 0 Å². The van der Waals surface area contributed by atoms with Crippen molar-refractivity contribution in [2.75, 3.05) is 4.90 Å². The smallest absolute Gasteiger partial charge is 0.0547 e. The predicted octanol–water partition coefficient (Wildman–Crippen LogP) is 18.9. The van der Waals surface area contributed by atoms with Crippen LogP contribution in [-0.4, -0.2) is 4.57 Å². The minimum atomic E-state index is 1.07. The summed E-state index contributed by atoms with van der Waals surface area (Å²) in [6, 6.07) is 102. The Bertz CT molecular complexity index is 3980. The summed E-state index contributed by atoms with van der Waals surface area (Å²) in [6.45, 7) is 0. The molecule has 328 valence electrons. The maximum atomic E-state index is 2.42. The van der Waals surface area contributed by atoms with Crippen LogP contribution in [0.2, 0.25) is 0 Å². The average molecular weight is 891 g/mol. The van der Waals surface area contributed by atoms with Crippen molar-refractivity contribution in [3.63, 3.8) is 0 Å². The third kappa shape index (κ3) is 7.31. The van der Waals surface area contributed by atoms with Gasteiger partial charge in [-0.3, -0.25) is 0 Å². The highest BCUT2D eigenvalue weighted by Gasteiger charge is 2.20. The number of hydrogen-bond acceptors (Lipinski definition) is 1. The van der Waals surface area contributed by atoms with Gasteiger partial charge in [-0.05, 0) is 156 Å². The maximum absolute atomic E-state index is 2.42. The van der Waals surface area contributed by atoms with Gasteiger partial charge in [0.2, 0.25) is 0 Å². The highest BCUT2D eigenvalue weighted by molar-refractivity contribution is 6.16. The summed E-state index contributed by atoms with van der Waals surface area (Å²) in [7, 11) is 0. The Hall–Kier alpha value is -9.24. The van der Waals surface area contributed by atoms with Gasteiger partial charge in [0, 0.05) is 33.5 Å². The molecule has 1 heterocycles. The third-order valence-electron chi connectivity index (χ3n) is 13.9. The first kappa shape index (κ1) is 41.0. The van der Waals surface area contributed by atoms with E-state index in [0.717, 1.165) is 45.0 Å². The van der Waals surface area contributed by atoms with Crippen LogP contribution in [0.15, 0.2) is 279 Å². The lowest BCUT2D eigenvalue weighted by molar-refractivity contribution is 1.18. The number of para-hydroxylation sites is 2. The molecule has 70 heavy (non-hydrogen) atoms. The van der Waals surface area contributed by atoms with Gasteiger partial charge in [-0.1, -0.05) is 200 Å². The van der Waals surface area contributed by atoms with Gasteiger partial charge in [0.05, 0.1) is 11.0 Å². The fourth-order valence-electron chi connectivity index (χ4n) is 10.7. The first-order chi connectivity index (χ1) is 34.7. The lowest BCUT2D eigenvalue weighted by atomic mass is 9.93. The molecule has 0 aliphatic heterocycles. The molecule has 0 spiro atoms. The topological polar surface area (TPSA) is 8.17 Å². The van der Waals surface area contributed by atoms with Gasteiger partial charge in [-0.25, -0.2) is 0 Å². The molecule has 0 aliphatic rings. The Labute approximate surface area is 408 Å². The van der Waals surface area contributed by atoms with Crippen LogP contribution in [0.1, 0.15) is 0 Å². The summed E-state index contributed by atoms with van der Waals surface area (Å²) in [4.78, 5) is 2.42. The summed E-state index contributed by atoms with van der Waals surface area (Å²) >= 11 is 0. The van der Waals surface area contributed by atoms with E-state index < -0.39 is 0 Å². The lowest BCUT2D eigenvalue weighted by Crippen LogP contribution is -2.10. The van der Waals surface area contributed by atoms with E-state index in [1.165, 1.54) is 76.7 Å². The molecule has 0 unspecified atom stereocenters. The van der Waals surface area contributed by atoms with Crippen LogP contribution in [0.5, 0.6) is 0 Å². The molecule has 0 aliphatic carbocycles. The molecule has 0 N–H and O–H groups in total. The Kier molecular flexibility index (Phi) is 10.2. The second-order valence-corrected chi connectivity index (χ2v) is 18.1. The second kappa shape index (κ2) is 17.4. The molecular weight excluding hydrogens is 845 g/mol. The molecule has 12 aromatic carbocycles. The largest absolute Gasteiger partial charge is 0.310 e. The molecule has 0 atom stereocenters. The molecule has 13 rings (SSSR count). The number of anilines is 3. The van der Waals surface area contributed by atoms with Crippen LogP contribution in [-0.2, 0) is 0 Å². The van der Waals surface area contributed by atoms with E-state index in [2.05, 4.69) is 289 Å². The number of benzene rings is 12. The fraction of sp³-hybridized carbons (Fsp3) is 0. The maximum Gasteiger partial charge on any atom is 0.0547 e. The minimum absolute atomic E-state index is 1.07. The molecule has 2 nitrogen and oxygen atoms in total. The normalized spacial score (nSPS) is 11.4. The number of rotatable bonds is 9. The number of fused-ring (bicyclic) bond motifs is 6. The van der Waals surface area contributed by atoms with E-state index in [-0.39, 0.29) is 0 Å². The van der Waals surface area contributed by atoms with Crippen molar-refractivity contribution in [1.82, 2.24) is 4.57 Å². The summed E-state index contributed by atoms with van der Waals surface area (Å²) in [5.41, 5.74) is 18.6.